The molecule has 0 aliphatic carbocycles. The molecule has 1 aromatic heterocycles. The van der Waals surface area contributed by atoms with Gasteiger partial charge in [0.2, 0.25) is 0 Å². The largest absolute Gasteiger partial charge is 0.361 e. The molecule has 1 aromatic carbocycles. The fourth-order valence-corrected chi connectivity index (χ4v) is 2.88. The van der Waals surface area contributed by atoms with Gasteiger partial charge in [0, 0.05) is 27.6 Å². The number of nitrogens with one attached hydrogen (secondary N) is 2. The number of aromatic amines is 1. The first-order valence-electron chi connectivity index (χ1n) is 5.84. The van der Waals surface area contributed by atoms with Crippen LogP contribution in [0.4, 0.5) is 0 Å². The average molecular weight is 279 g/mol. The highest BCUT2D eigenvalue weighted by Gasteiger charge is 2.17. The quantitative estimate of drug-likeness (QED) is 0.817. The molecule has 0 unspecified atom stereocenters. The Morgan fingerprint density at radius 1 is 1.25 bits per heavy atom. The van der Waals surface area contributed by atoms with Crippen LogP contribution in [0.5, 0.6) is 0 Å². The third-order valence-corrected chi connectivity index (χ3v) is 3.85. The Labute approximate surface area is 104 Å². The van der Waals surface area contributed by atoms with E-state index in [4.69, 9.17) is 0 Å². The molecule has 1 saturated heterocycles. The van der Waals surface area contributed by atoms with E-state index in [0.29, 0.717) is 6.04 Å². The summed E-state index contributed by atoms with van der Waals surface area (Å²) in [7, 11) is 0. The number of H-pyrrole nitrogens is 1. The first-order valence-corrected chi connectivity index (χ1v) is 6.64. The Hall–Kier alpha value is -0.800. The molecule has 1 aliphatic rings. The van der Waals surface area contributed by atoms with Crippen LogP contribution in [0.15, 0.2) is 28.9 Å². The second kappa shape index (κ2) is 4.22. The zero-order chi connectivity index (χ0) is 11.0. The lowest BCUT2D eigenvalue weighted by molar-refractivity contribution is 0.414. The molecule has 84 valence electrons. The SMILES string of the molecule is Brc1ccc2[nH]cc([C@H]3CCCCN3)c2c1. The van der Waals surface area contributed by atoms with E-state index in [0.717, 1.165) is 11.0 Å². The van der Waals surface area contributed by atoms with Gasteiger partial charge in [-0.05, 0) is 43.1 Å². The summed E-state index contributed by atoms with van der Waals surface area (Å²) in [4.78, 5) is 3.35. The summed E-state index contributed by atoms with van der Waals surface area (Å²) in [5.74, 6) is 0. The van der Waals surface area contributed by atoms with Gasteiger partial charge in [-0.2, -0.15) is 0 Å². The molecule has 16 heavy (non-hydrogen) atoms. The predicted molar refractivity (Wildman–Crippen MR) is 70.6 cm³/mol. The molecule has 2 N–H and O–H groups in total. The van der Waals surface area contributed by atoms with E-state index in [1.807, 2.05) is 0 Å². The van der Waals surface area contributed by atoms with Crippen molar-refractivity contribution in [3.8, 4) is 0 Å². The zero-order valence-electron chi connectivity index (χ0n) is 9.09. The monoisotopic (exact) mass is 278 g/mol. The Morgan fingerprint density at radius 3 is 3.00 bits per heavy atom. The van der Waals surface area contributed by atoms with Gasteiger partial charge in [0.25, 0.3) is 0 Å². The number of halogens is 1. The number of hydrogen-bond acceptors (Lipinski definition) is 1. The third kappa shape index (κ3) is 1.78. The number of fused-ring (bicyclic) bond motifs is 1. The maximum atomic E-state index is 3.60. The fourth-order valence-electron chi connectivity index (χ4n) is 2.52. The Morgan fingerprint density at radius 2 is 2.19 bits per heavy atom. The van der Waals surface area contributed by atoms with Crippen molar-refractivity contribution in [1.29, 1.82) is 0 Å². The van der Waals surface area contributed by atoms with Crippen LogP contribution in [0.3, 0.4) is 0 Å². The summed E-state index contributed by atoms with van der Waals surface area (Å²) in [5.41, 5.74) is 2.64. The van der Waals surface area contributed by atoms with Crippen LogP contribution in [-0.4, -0.2) is 11.5 Å². The molecule has 2 nitrogen and oxygen atoms in total. The first kappa shape index (κ1) is 10.4. The van der Waals surface area contributed by atoms with Crippen molar-refractivity contribution in [3.63, 3.8) is 0 Å². The molecule has 0 saturated carbocycles. The van der Waals surface area contributed by atoms with Crippen molar-refractivity contribution in [1.82, 2.24) is 10.3 Å². The van der Waals surface area contributed by atoms with Gasteiger partial charge in [0.15, 0.2) is 0 Å². The van der Waals surface area contributed by atoms with Gasteiger partial charge in [-0.25, -0.2) is 0 Å². The molecule has 0 bridgehead atoms. The second-order valence-electron chi connectivity index (χ2n) is 4.44. The van der Waals surface area contributed by atoms with Crippen LogP contribution in [-0.2, 0) is 0 Å². The van der Waals surface area contributed by atoms with Crippen molar-refractivity contribution in [2.75, 3.05) is 6.54 Å². The number of aromatic nitrogens is 1. The third-order valence-electron chi connectivity index (χ3n) is 3.36. The normalized spacial score (nSPS) is 21.4. The minimum absolute atomic E-state index is 0.525. The van der Waals surface area contributed by atoms with E-state index >= 15 is 0 Å². The summed E-state index contributed by atoms with van der Waals surface area (Å²) >= 11 is 3.54. The fraction of sp³-hybridized carbons (Fsp3) is 0.385. The average Bonchev–Trinajstić information content (AvgIpc) is 2.73. The Balaban J connectivity index is 2.05. The number of piperidine rings is 1. The van der Waals surface area contributed by atoms with Crippen molar-refractivity contribution >= 4 is 26.8 Å². The van der Waals surface area contributed by atoms with Gasteiger partial charge >= 0.3 is 0 Å². The highest BCUT2D eigenvalue weighted by Crippen LogP contribution is 2.30. The highest BCUT2D eigenvalue weighted by atomic mass is 79.9. The van der Waals surface area contributed by atoms with Gasteiger partial charge in [-0.15, -0.1) is 0 Å². The standard InChI is InChI=1S/C13H15BrN2/c14-9-4-5-13-10(7-9)11(8-16-13)12-3-1-2-6-15-12/h4-5,7-8,12,15-16H,1-3,6H2/t12-/m1/s1. The van der Waals surface area contributed by atoms with Crippen LogP contribution < -0.4 is 5.32 Å². The van der Waals surface area contributed by atoms with E-state index in [1.54, 1.807) is 0 Å². The van der Waals surface area contributed by atoms with Gasteiger partial charge in [0.05, 0.1) is 0 Å². The van der Waals surface area contributed by atoms with E-state index < -0.39 is 0 Å². The molecule has 0 amide bonds. The van der Waals surface area contributed by atoms with Gasteiger partial charge < -0.3 is 10.3 Å². The lowest BCUT2D eigenvalue weighted by Gasteiger charge is -2.23. The summed E-state index contributed by atoms with van der Waals surface area (Å²) in [6.45, 7) is 1.14. The molecule has 1 fully saturated rings. The van der Waals surface area contributed by atoms with Crippen molar-refractivity contribution in [3.05, 3.63) is 34.4 Å². The molecule has 0 radical (unpaired) electrons. The first-order chi connectivity index (χ1) is 7.84. The summed E-state index contributed by atoms with van der Waals surface area (Å²) in [6, 6.07) is 6.94. The zero-order valence-corrected chi connectivity index (χ0v) is 10.7. The molecule has 3 rings (SSSR count). The van der Waals surface area contributed by atoms with Crippen LogP contribution in [0.25, 0.3) is 10.9 Å². The Bertz CT molecular complexity index is 498. The number of rotatable bonds is 1. The lowest BCUT2D eigenvalue weighted by Crippen LogP contribution is -2.26. The highest BCUT2D eigenvalue weighted by molar-refractivity contribution is 9.10. The molecule has 2 heterocycles. The predicted octanol–water partition coefficient (Wildman–Crippen LogP) is 3.75. The summed E-state index contributed by atoms with van der Waals surface area (Å²) in [5, 5.41) is 4.94. The van der Waals surface area contributed by atoms with Crippen LogP contribution in [0.1, 0.15) is 30.9 Å². The number of benzene rings is 1. The summed E-state index contributed by atoms with van der Waals surface area (Å²) < 4.78 is 1.15. The van der Waals surface area contributed by atoms with E-state index in [-0.39, 0.29) is 0 Å². The maximum absolute atomic E-state index is 3.60. The molecule has 1 aliphatic heterocycles. The van der Waals surface area contributed by atoms with Crippen LogP contribution in [0.2, 0.25) is 0 Å². The van der Waals surface area contributed by atoms with Gasteiger partial charge in [-0.3, -0.25) is 0 Å². The molecular weight excluding hydrogens is 264 g/mol. The Kier molecular flexibility index (Phi) is 2.74. The lowest BCUT2D eigenvalue weighted by atomic mass is 9.97. The minimum atomic E-state index is 0.525. The van der Waals surface area contributed by atoms with E-state index in [1.165, 1.54) is 35.7 Å². The van der Waals surface area contributed by atoms with E-state index in [2.05, 4.69) is 50.6 Å². The van der Waals surface area contributed by atoms with E-state index in [9.17, 15) is 0 Å². The van der Waals surface area contributed by atoms with Crippen molar-refractivity contribution in [2.45, 2.75) is 25.3 Å². The molecule has 0 spiro atoms. The topological polar surface area (TPSA) is 27.8 Å². The van der Waals surface area contributed by atoms with Crippen molar-refractivity contribution in [2.24, 2.45) is 0 Å². The van der Waals surface area contributed by atoms with Gasteiger partial charge in [-0.1, -0.05) is 22.4 Å². The summed E-state index contributed by atoms with van der Waals surface area (Å²) in [6.07, 6.45) is 6.04. The van der Waals surface area contributed by atoms with Crippen LogP contribution in [0, 0.1) is 0 Å². The second-order valence-corrected chi connectivity index (χ2v) is 5.35. The van der Waals surface area contributed by atoms with Crippen LogP contribution >= 0.6 is 15.9 Å². The van der Waals surface area contributed by atoms with Crippen molar-refractivity contribution < 1.29 is 0 Å². The molecule has 2 aromatic rings. The smallest absolute Gasteiger partial charge is 0.0458 e. The maximum Gasteiger partial charge on any atom is 0.0458 e. The van der Waals surface area contributed by atoms with Gasteiger partial charge in [0.1, 0.15) is 0 Å². The number of hydrogen-bond donors (Lipinski definition) is 2. The molecule has 1 atom stereocenters. The minimum Gasteiger partial charge on any atom is -0.361 e. The molecular formula is C13H15BrN2. The molecule has 3 heteroatoms.